The van der Waals surface area contributed by atoms with Gasteiger partial charge in [-0.05, 0) is 20.8 Å². The first kappa shape index (κ1) is 15.5. The number of amides is 2. The van der Waals surface area contributed by atoms with E-state index in [2.05, 4.69) is 5.32 Å². The quantitative estimate of drug-likeness (QED) is 0.807. The molecular formula is C11H18F2N2O4. The Labute approximate surface area is 109 Å². The molecule has 6 nitrogen and oxygen atoms in total. The molecule has 0 saturated carbocycles. The van der Waals surface area contributed by atoms with Crippen LogP contribution in [0.3, 0.4) is 0 Å². The molecular weight excluding hydrogens is 262 g/mol. The number of halogens is 2. The summed E-state index contributed by atoms with van der Waals surface area (Å²) in [4.78, 5) is 23.1. The van der Waals surface area contributed by atoms with E-state index >= 15 is 0 Å². The van der Waals surface area contributed by atoms with Gasteiger partial charge in [-0.1, -0.05) is 0 Å². The monoisotopic (exact) mass is 280 g/mol. The van der Waals surface area contributed by atoms with Crippen molar-refractivity contribution in [2.75, 3.05) is 13.1 Å². The largest absolute Gasteiger partial charge is 0.465 e. The zero-order valence-corrected chi connectivity index (χ0v) is 11.0. The highest BCUT2D eigenvalue weighted by Gasteiger charge is 2.41. The van der Waals surface area contributed by atoms with Gasteiger partial charge in [0.1, 0.15) is 5.60 Å². The molecule has 0 radical (unpaired) electrons. The molecule has 0 aromatic heterocycles. The lowest BCUT2D eigenvalue weighted by Crippen LogP contribution is -2.45. The van der Waals surface area contributed by atoms with Crippen molar-refractivity contribution in [3.8, 4) is 0 Å². The van der Waals surface area contributed by atoms with Gasteiger partial charge in [-0.2, -0.15) is 0 Å². The summed E-state index contributed by atoms with van der Waals surface area (Å²) >= 11 is 0. The number of rotatable bonds is 2. The molecule has 0 aromatic rings. The van der Waals surface area contributed by atoms with E-state index in [9.17, 15) is 18.4 Å². The highest BCUT2D eigenvalue weighted by Crippen LogP contribution is 2.24. The third-order valence-corrected chi connectivity index (χ3v) is 2.66. The molecule has 2 amide bonds. The van der Waals surface area contributed by atoms with Gasteiger partial charge in [0.05, 0.1) is 12.0 Å². The highest BCUT2D eigenvalue weighted by atomic mass is 19.3. The Hall–Kier alpha value is -1.60. The zero-order valence-electron chi connectivity index (χ0n) is 11.0. The third kappa shape index (κ3) is 4.53. The minimum Gasteiger partial charge on any atom is -0.465 e. The molecule has 1 fully saturated rings. The van der Waals surface area contributed by atoms with Crippen LogP contribution in [-0.2, 0) is 4.74 Å². The average Bonchev–Trinajstić information content (AvgIpc) is 2.58. The zero-order chi connectivity index (χ0) is 14.8. The highest BCUT2D eigenvalue weighted by molar-refractivity contribution is 5.69. The van der Waals surface area contributed by atoms with Gasteiger partial charge in [-0.3, -0.25) is 0 Å². The summed E-state index contributed by atoms with van der Waals surface area (Å²) in [5.41, 5.74) is -0.741. The molecule has 110 valence electrons. The molecule has 1 heterocycles. The Morgan fingerprint density at radius 3 is 2.37 bits per heavy atom. The number of carboxylic acid groups (broad SMARTS) is 1. The number of nitrogens with one attached hydrogen (secondary N) is 1. The van der Waals surface area contributed by atoms with E-state index in [0.29, 0.717) is 0 Å². The van der Waals surface area contributed by atoms with E-state index in [1.165, 1.54) is 0 Å². The van der Waals surface area contributed by atoms with Gasteiger partial charge in [-0.25, -0.2) is 18.4 Å². The molecule has 19 heavy (non-hydrogen) atoms. The summed E-state index contributed by atoms with van der Waals surface area (Å²) in [6.07, 6.45) is -4.81. The van der Waals surface area contributed by atoms with Crippen LogP contribution in [0, 0.1) is 5.92 Å². The van der Waals surface area contributed by atoms with Crippen LogP contribution < -0.4 is 5.32 Å². The Morgan fingerprint density at radius 1 is 1.37 bits per heavy atom. The first-order valence-electron chi connectivity index (χ1n) is 5.85. The number of ether oxygens (including phenoxy) is 1. The molecule has 0 spiro atoms. The number of carbonyl (C=O) groups excluding carboxylic acids is 1. The second-order valence-corrected chi connectivity index (χ2v) is 5.44. The summed E-state index contributed by atoms with van der Waals surface area (Å²) < 4.78 is 30.6. The smallest absolute Gasteiger partial charge is 0.407 e. The molecule has 1 aliphatic rings. The van der Waals surface area contributed by atoms with Crippen LogP contribution in [0.2, 0.25) is 0 Å². The second-order valence-electron chi connectivity index (χ2n) is 5.44. The second kappa shape index (κ2) is 5.58. The van der Waals surface area contributed by atoms with Crippen molar-refractivity contribution < 1.29 is 28.2 Å². The van der Waals surface area contributed by atoms with Crippen molar-refractivity contribution in [2.45, 2.75) is 38.8 Å². The maximum Gasteiger partial charge on any atom is 0.407 e. The molecule has 1 rings (SSSR count). The van der Waals surface area contributed by atoms with Crippen LogP contribution in [0.1, 0.15) is 20.8 Å². The van der Waals surface area contributed by atoms with Crippen molar-refractivity contribution in [3.05, 3.63) is 0 Å². The van der Waals surface area contributed by atoms with Crippen molar-refractivity contribution in [1.29, 1.82) is 0 Å². The van der Waals surface area contributed by atoms with Crippen molar-refractivity contribution >= 4 is 12.2 Å². The number of hydrogen-bond acceptors (Lipinski definition) is 3. The van der Waals surface area contributed by atoms with Crippen molar-refractivity contribution in [2.24, 2.45) is 5.92 Å². The van der Waals surface area contributed by atoms with Crippen LogP contribution in [0.5, 0.6) is 0 Å². The number of alkyl carbamates (subject to hydrolysis) is 1. The Morgan fingerprint density at radius 2 is 1.95 bits per heavy atom. The molecule has 2 atom stereocenters. The fourth-order valence-electron chi connectivity index (χ4n) is 1.85. The van der Waals surface area contributed by atoms with Crippen molar-refractivity contribution in [3.63, 3.8) is 0 Å². The summed E-state index contributed by atoms with van der Waals surface area (Å²) in [6, 6.07) is -0.939. The van der Waals surface area contributed by atoms with Crippen LogP contribution in [0.4, 0.5) is 18.4 Å². The van der Waals surface area contributed by atoms with E-state index in [0.717, 1.165) is 4.90 Å². The minimum atomic E-state index is -2.70. The standard InChI is InChI=1S/C11H18F2N2O4/c1-11(2,3)19-9(16)14-7-5-15(10(17)18)4-6(7)8(12)13/h6-8H,4-5H2,1-3H3,(H,14,16)(H,17,18). The molecule has 0 aliphatic carbocycles. The fraction of sp³-hybridized carbons (Fsp3) is 0.818. The first-order valence-corrected chi connectivity index (χ1v) is 5.85. The molecule has 1 saturated heterocycles. The summed E-state index contributed by atoms with van der Waals surface area (Å²) in [6.45, 7) is 4.48. The molecule has 1 aliphatic heterocycles. The summed E-state index contributed by atoms with van der Waals surface area (Å²) in [5, 5.41) is 11.1. The van der Waals surface area contributed by atoms with E-state index in [1.54, 1.807) is 20.8 Å². The number of hydrogen-bond donors (Lipinski definition) is 2. The molecule has 2 N–H and O–H groups in total. The fourth-order valence-corrected chi connectivity index (χ4v) is 1.85. The molecule has 2 unspecified atom stereocenters. The van der Waals surface area contributed by atoms with Crippen LogP contribution in [-0.4, -0.2) is 53.4 Å². The predicted octanol–water partition coefficient (Wildman–Crippen LogP) is 1.75. The van der Waals surface area contributed by atoms with E-state index in [4.69, 9.17) is 9.84 Å². The normalized spacial score (nSPS) is 23.6. The SMILES string of the molecule is CC(C)(C)OC(=O)NC1CN(C(=O)O)CC1C(F)F. The number of carbonyl (C=O) groups is 2. The maximum atomic E-state index is 12.8. The van der Waals surface area contributed by atoms with Gasteiger partial charge in [0.25, 0.3) is 0 Å². The van der Waals surface area contributed by atoms with Gasteiger partial charge in [0.15, 0.2) is 0 Å². The Balaban J connectivity index is 2.64. The van der Waals surface area contributed by atoms with Crippen molar-refractivity contribution in [1.82, 2.24) is 10.2 Å². The molecule has 8 heteroatoms. The summed E-state index contributed by atoms with van der Waals surface area (Å²) in [5.74, 6) is -1.22. The van der Waals surface area contributed by atoms with Gasteiger partial charge >= 0.3 is 12.2 Å². The first-order chi connectivity index (χ1) is 8.60. The number of alkyl halides is 2. The van der Waals surface area contributed by atoms with Gasteiger partial charge in [0.2, 0.25) is 6.43 Å². The third-order valence-electron chi connectivity index (χ3n) is 2.66. The molecule has 0 bridgehead atoms. The van der Waals surface area contributed by atoms with Crippen LogP contribution in [0.15, 0.2) is 0 Å². The molecule has 0 aromatic carbocycles. The minimum absolute atomic E-state index is 0.163. The van der Waals surface area contributed by atoms with Gasteiger partial charge < -0.3 is 20.1 Å². The average molecular weight is 280 g/mol. The van der Waals surface area contributed by atoms with E-state index in [1.807, 2.05) is 0 Å². The maximum absolute atomic E-state index is 12.8. The van der Waals surface area contributed by atoms with Crippen LogP contribution >= 0.6 is 0 Å². The lowest BCUT2D eigenvalue weighted by Gasteiger charge is -2.23. The Bertz CT molecular complexity index is 357. The van der Waals surface area contributed by atoms with Gasteiger partial charge in [-0.15, -0.1) is 0 Å². The van der Waals surface area contributed by atoms with Gasteiger partial charge in [0, 0.05) is 13.1 Å². The Kier molecular flexibility index (Phi) is 4.54. The predicted molar refractivity (Wildman–Crippen MR) is 62.2 cm³/mol. The lowest BCUT2D eigenvalue weighted by molar-refractivity contribution is 0.0408. The number of nitrogens with zero attached hydrogens (tertiary/aromatic N) is 1. The summed E-state index contributed by atoms with van der Waals surface area (Å²) in [7, 11) is 0. The number of likely N-dealkylation sites (tertiary alicyclic amines) is 1. The van der Waals surface area contributed by atoms with E-state index < -0.39 is 36.2 Å². The topological polar surface area (TPSA) is 78.9 Å². The van der Waals surface area contributed by atoms with Crippen LogP contribution in [0.25, 0.3) is 0 Å². The van der Waals surface area contributed by atoms with E-state index in [-0.39, 0.29) is 13.1 Å². The lowest BCUT2D eigenvalue weighted by atomic mass is 10.1.